The fraction of sp³-hybridized carbons (Fsp3) is 0.235. The van der Waals surface area contributed by atoms with Crippen molar-refractivity contribution in [1.29, 1.82) is 0 Å². The molecule has 6 nitrogen and oxygen atoms in total. The molecule has 0 atom stereocenters. The Morgan fingerprint density at radius 3 is 2.54 bits per heavy atom. The molecule has 1 aliphatic rings. The number of carbonyl (C=O) groups is 1. The van der Waals surface area contributed by atoms with Crippen LogP contribution in [0.2, 0.25) is 0 Å². The lowest BCUT2D eigenvalue weighted by molar-refractivity contribution is 0.101. The number of ketones is 1. The maximum atomic E-state index is 12.5. The van der Waals surface area contributed by atoms with Gasteiger partial charge in [-0.15, -0.1) is 0 Å². The summed E-state index contributed by atoms with van der Waals surface area (Å²) >= 11 is 0. The van der Waals surface area contributed by atoms with Gasteiger partial charge in [0.05, 0.1) is 23.8 Å². The molecule has 0 amide bonds. The lowest BCUT2D eigenvalue weighted by atomic mass is 10.2. The van der Waals surface area contributed by atoms with Crippen LogP contribution in [0.15, 0.2) is 47.4 Å². The monoisotopic (exact) mass is 347 g/mol. The van der Waals surface area contributed by atoms with E-state index in [0.29, 0.717) is 36.0 Å². The highest BCUT2D eigenvalue weighted by atomic mass is 32.2. The van der Waals surface area contributed by atoms with Crippen LogP contribution in [0.5, 0.6) is 11.5 Å². The zero-order valence-electron chi connectivity index (χ0n) is 13.1. The summed E-state index contributed by atoms with van der Waals surface area (Å²) in [5, 5.41) is 0. The second-order valence-corrected chi connectivity index (χ2v) is 7.08. The smallest absolute Gasteiger partial charge is 0.261 e. The number of fused-ring (bicyclic) bond motifs is 1. The average molecular weight is 347 g/mol. The summed E-state index contributed by atoms with van der Waals surface area (Å²) in [6.07, 6.45) is 0.771. The standard InChI is InChI=1S/C17H17NO5S/c1-12(19)13-4-2-5-15(10-13)24(20,21)18-14-6-7-16-17(11-14)23-9-3-8-22-16/h2,4-7,10-11,18H,3,8-9H2,1H3. The minimum atomic E-state index is -3.80. The minimum Gasteiger partial charge on any atom is -0.490 e. The molecule has 2 aromatic rings. The average Bonchev–Trinajstić information content (AvgIpc) is 2.79. The number of ether oxygens (including phenoxy) is 2. The molecule has 126 valence electrons. The van der Waals surface area contributed by atoms with E-state index in [4.69, 9.17) is 9.47 Å². The van der Waals surface area contributed by atoms with E-state index in [1.165, 1.54) is 19.1 Å². The van der Waals surface area contributed by atoms with Crippen molar-refractivity contribution in [1.82, 2.24) is 0 Å². The van der Waals surface area contributed by atoms with E-state index in [9.17, 15) is 13.2 Å². The molecule has 0 aliphatic carbocycles. The first kappa shape index (κ1) is 16.3. The molecule has 24 heavy (non-hydrogen) atoms. The van der Waals surface area contributed by atoms with Crippen LogP contribution in [0.25, 0.3) is 0 Å². The lowest BCUT2D eigenvalue weighted by Crippen LogP contribution is -2.13. The predicted molar refractivity (Wildman–Crippen MR) is 89.3 cm³/mol. The number of Topliss-reactive ketones (excluding diaryl/α,β-unsaturated/α-hetero) is 1. The summed E-state index contributed by atoms with van der Waals surface area (Å²) in [6, 6.07) is 10.8. The van der Waals surface area contributed by atoms with Gasteiger partial charge in [0, 0.05) is 18.1 Å². The molecule has 0 spiro atoms. The molecular weight excluding hydrogens is 330 g/mol. The van der Waals surface area contributed by atoms with E-state index >= 15 is 0 Å². The van der Waals surface area contributed by atoms with Crippen molar-refractivity contribution in [3.63, 3.8) is 0 Å². The van der Waals surface area contributed by atoms with Crippen LogP contribution in [0.1, 0.15) is 23.7 Å². The van der Waals surface area contributed by atoms with Gasteiger partial charge in [0.15, 0.2) is 17.3 Å². The molecule has 0 unspecified atom stereocenters. The molecule has 0 saturated carbocycles. The van der Waals surface area contributed by atoms with Crippen molar-refractivity contribution in [3.05, 3.63) is 48.0 Å². The Morgan fingerprint density at radius 1 is 1.04 bits per heavy atom. The Morgan fingerprint density at radius 2 is 1.79 bits per heavy atom. The Kier molecular flexibility index (Phi) is 4.44. The van der Waals surface area contributed by atoms with Crippen LogP contribution >= 0.6 is 0 Å². The molecule has 1 aliphatic heterocycles. The minimum absolute atomic E-state index is 0.0299. The van der Waals surface area contributed by atoms with E-state index in [0.717, 1.165) is 6.42 Å². The SMILES string of the molecule is CC(=O)c1cccc(S(=O)(=O)Nc2ccc3c(c2)OCCCO3)c1. The van der Waals surface area contributed by atoms with Gasteiger partial charge in [0.25, 0.3) is 10.0 Å². The number of benzene rings is 2. The summed E-state index contributed by atoms with van der Waals surface area (Å²) in [4.78, 5) is 11.5. The van der Waals surface area contributed by atoms with Gasteiger partial charge in [-0.05, 0) is 31.2 Å². The van der Waals surface area contributed by atoms with Gasteiger partial charge in [-0.1, -0.05) is 12.1 Å². The third-order valence-electron chi connectivity index (χ3n) is 3.55. The first-order chi connectivity index (χ1) is 11.5. The normalized spacial score (nSPS) is 13.9. The highest BCUT2D eigenvalue weighted by Gasteiger charge is 2.17. The zero-order chi connectivity index (χ0) is 17.2. The number of anilines is 1. The molecule has 3 rings (SSSR count). The van der Waals surface area contributed by atoms with Crippen LogP contribution in [-0.2, 0) is 10.0 Å². The maximum absolute atomic E-state index is 12.5. The summed E-state index contributed by atoms with van der Waals surface area (Å²) in [6.45, 7) is 2.47. The van der Waals surface area contributed by atoms with E-state index in [1.807, 2.05) is 0 Å². The van der Waals surface area contributed by atoms with E-state index in [-0.39, 0.29) is 10.7 Å². The van der Waals surface area contributed by atoms with Gasteiger partial charge < -0.3 is 9.47 Å². The Balaban J connectivity index is 1.88. The summed E-state index contributed by atoms with van der Waals surface area (Å²) in [5.41, 5.74) is 0.712. The van der Waals surface area contributed by atoms with Crippen molar-refractivity contribution in [2.75, 3.05) is 17.9 Å². The molecule has 1 N–H and O–H groups in total. The molecule has 7 heteroatoms. The van der Waals surface area contributed by atoms with Crippen molar-refractivity contribution in [2.45, 2.75) is 18.2 Å². The van der Waals surface area contributed by atoms with E-state index in [1.54, 1.807) is 30.3 Å². The second-order valence-electron chi connectivity index (χ2n) is 5.40. The third-order valence-corrected chi connectivity index (χ3v) is 4.93. The number of hydrogen-bond donors (Lipinski definition) is 1. The molecular formula is C17H17NO5S. The molecule has 2 aromatic carbocycles. The van der Waals surface area contributed by atoms with Crippen LogP contribution in [0.4, 0.5) is 5.69 Å². The van der Waals surface area contributed by atoms with Crippen molar-refractivity contribution < 1.29 is 22.7 Å². The fourth-order valence-corrected chi connectivity index (χ4v) is 3.42. The Hall–Kier alpha value is -2.54. The predicted octanol–water partition coefficient (Wildman–Crippen LogP) is 2.85. The molecule has 0 aromatic heterocycles. The number of hydrogen-bond acceptors (Lipinski definition) is 5. The third kappa shape index (κ3) is 3.51. The molecule has 0 fully saturated rings. The highest BCUT2D eigenvalue weighted by molar-refractivity contribution is 7.92. The summed E-state index contributed by atoms with van der Waals surface area (Å²) < 4.78 is 38.6. The highest BCUT2D eigenvalue weighted by Crippen LogP contribution is 2.33. The largest absolute Gasteiger partial charge is 0.490 e. The Bertz CT molecular complexity index is 876. The van der Waals surface area contributed by atoms with Gasteiger partial charge in [0.2, 0.25) is 0 Å². The Labute approximate surface area is 140 Å². The van der Waals surface area contributed by atoms with Crippen LogP contribution in [-0.4, -0.2) is 27.4 Å². The topological polar surface area (TPSA) is 81.7 Å². The maximum Gasteiger partial charge on any atom is 0.261 e. The van der Waals surface area contributed by atoms with Gasteiger partial charge in [-0.25, -0.2) is 8.42 Å². The molecule has 0 bridgehead atoms. The summed E-state index contributed by atoms with van der Waals surface area (Å²) in [7, 11) is -3.80. The first-order valence-corrected chi connectivity index (χ1v) is 8.97. The van der Waals surface area contributed by atoms with E-state index < -0.39 is 10.0 Å². The zero-order valence-corrected chi connectivity index (χ0v) is 13.9. The van der Waals surface area contributed by atoms with Gasteiger partial charge in [-0.2, -0.15) is 0 Å². The van der Waals surface area contributed by atoms with Crippen molar-refractivity contribution in [2.24, 2.45) is 0 Å². The molecule has 0 saturated heterocycles. The lowest BCUT2D eigenvalue weighted by Gasteiger charge is -2.12. The second kappa shape index (κ2) is 6.52. The van der Waals surface area contributed by atoms with Crippen LogP contribution in [0, 0.1) is 0 Å². The van der Waals surface area contributed by atoms with Crippen LogP contribution in [0.3, 0.4) is 0 Å². The number of sulfonamides is 1. The number of rotatable bonds is 4. The van der Waals surface area contributed by atoms with Crippen molar-refractivity contribution >= 4 is 21.5 Å². The number of carbonyl (C=O) groups excluding carboxylic acids is 1. The van der Waals surface area contributed by atoms with Gasteiger partial charge >= 0.3 is 0 Å². The van der Waals surface area contributed by atoms with Crippen molar-refractivity contribution in [3.8, 4) is 11.5 Å². The molecule has 0 radical (unpaired) electrons. The summed E-state index contributed by atoms with van der Waals surface area (Å²) in [5.74, 6) is 0.904. The van der Waals surface area contributed by atoms with Crippen LogP contribution < -0.4 is 14.2 Å². The molecule has 1 heterocycles. The quantitative estimate of drug-likeness (QED) is 0.860. The van der Waals surface area contributed by atoms with Gasteiger partial charge in [-0.3, -0.25) is 9.52 Å². The van der Waals surface area contributed by atoms with Gasteiger partial charge in [0.1, 0.15) is 0 Å². The number of nitrogens with one attached hydrogen (secondary N) is 1. The fourth-order valence-electron chi connectivity index (χ4n) is 2.32. The van der Waals surface area contributed by atoms with E-state index in [2.05, 4.69) is 4.72 Å². The first-order valence-electron chi connectivity index (χ1n) is 7.49.